The van der Waals surface area contributed by atoms with E-state index >= 15 is 0 Å². The molecule has 3 heterocycles. The van der Waals surface area contributed by atoms with Crippen molar-refractivity contribution in [2.24, 2.45) is 5.92 Å². The van der Waals surface area contributed by atoms with Crippen molar-refractivity contribution in [2.45, 2.75) is 43.9 Å². The molecule has 0 N–H and O–H groups in total. The van der Waals surface area contributed by atoms with E-state index in [1.54, 1.807) is 12.3 Å². The van der Waals surface area contributed by atoms with Crippen molar-refractivity contribution in [2.75, 3.05) is 26.3 Å². The molecule has 24 heavy (non-hydrogen) atoms. The zero-order valence-corrected chi connectivity index (χ0v) is 13.7. The summed E-state index contributed by atoms with van der Waals surface area (Å²) in [6, 6.07) is 3.14. The normalized spacial score (nSPS) is 30.5. The molecule has 1 spiro atoms. The van der Waals surface area contributed by atoms with Gasteiger partial charge in [0.1, 0.15) is 5.60 Å². The number of hydrogen-bond acceptors (Lipinski definition) is 5. The lowest BCUT2D eigenvalue weighted by Crippen LogP contribution is -2.47. The molecule has 1 aromatic rings. The summed E-state index contributed by atoms with van der Waals surface area (Å²) < 4.78 is 13.5. The molecule has 3 aliphatic rings. The van der Waals surface area contributed by atoms with Crippen LogP contribution in [0.4, 0.5) is 0 Å². The number of hydrogen-bond donors (Lipinski definition) is 0. The fraction of sp³-hybridized carbons (Fsp3) is 0.706. The topological polar surface area (TPSA) is 73.7 Å². The van der Waals surface area contributed by atoms with Crippen LogP contribution in [0.15, 0.2) is 23.1 Å². The van der Waals surface area contributed by atoms with Crippen LogP contribution in [0, 0.1) is 5.92 Å². The van der Waals surface area contributed by atoms with E-state index in [2.05, 4.69) is 5.10 Å². The molecule has 0 bridgehead atoms. The van der Waals surface area contributed by atoms with E-state index in [1.165, 1.54) is 10.7 Å². The summed E-state index contributed by atoms with van der Waals surface area (Å²) in [5, 5.41) is 4.10. The van der Waals surface area contributed by atoms with Gasteiger partial charge in [-0.05, 0) is 31.7 Å². The van der Waals surface area contributed by atoms with Gasteiger partial charge in [-0.2, -0.15) is 5.10 Å². The smallest absolute Gasteiger partial charge is 0.266 e. The van der Waals surface area contributed by atoms with E-state index < -0.39 is 5.60 Å². The molecule has 0 unspecified atom stereocenters. The van der Waals surface area contributed by atoms with Gasteiger partial charge in [0, 0.05) is 24.7 Å². The van der Waals surface area contributed by atoms with Crippen LogP contribution in [-0.2, 0) is 20.8 Å². The molecule has 0 radical (unpaired) electrons. The lowest BCUT2D eigenvalue weighted by molar-refractivity contribution is -0.137. The summed E-state index contributed by atoms with van der Waals surface area (Å²) in [5.74, 6) is 0.456. The van der Waals surface area contributed by atoms with Crippen LogP contribution in [0.1, 0.15) is 25.7 Å². The van der Waals surface area contributed by atoms with E-state index in [0.29, 0.717) is 32.8 Å². The number of carbonyl (C=O) groups excluding carboxylic acids is 1. The average Bonchev–Trinajstić information content (AvgIpc) is 3.37. The molecule has 1 amide bonds. The van der Waals surface area contributed by atoms with Gasteiger partial charge in [0.15, 0.2) is 0 Å². The van der Waals surface area contributed by atoms with E-state index in [4.69, 9.17) is 9.47 Å². The minimum absolute atomic E-state index is 0.0721. The zero-order valence-electron chi connectivity index (χ0n) is 13.7. The quantitative estimate of drug-likeness (QED) is 0.802. The molecule has 130 valence electrons. The van der Waals surface area contributed by atoms with Gasteiger partial charge < -0.3 is 14.4 Å². The monoisotopic (exact) mass is 333 g/mol. The number of nitrogens with zero attached hydrogens (tertiary/aromatic N) is 3. The van der Waals surface area contributed by atoms with Crippen molar-refractivity contribution in [3.63, 3.8) is 0 Å². The molecule has 7 heteroatoms. The third-order valence-electron chi connectivity index (χ3n) is 5.09. The molecule has 1 aromatic heterocycles. The highest BCUT2D eigenvalue weighted by molar-refractivity contribution is 5.81. The van der Waals surface area contributed by atoms with Gasteiger partial charge in [-0.3, -0.25) is 9.59 Å². The second kappa shape index (κ2) is 6.29. The molecule has 1 saturated carbocycles. The summed E-state index contributed by atoms with van der Waals surface area (Å²) in [6.07, 6.45) is 5.24. The standard InChI is InChI=1S/C17H23N3O4/c21-15-2-1-7-18-20(15)10-14-5-6-17(24-14)11-19(8-9-23-12-17)16(22)13-3-4-13/h1-2,7,13-14H,3-6,8-12H2/t14-,17+/m0/s1. The van der Waals surface area contributed by atoms with Crippen molar-refractivity contribution in [1.29, 1.82) is 0 Å². The molecule has 3 fully saturated rings. The maximum absolute atomic E-state index is 12.4. The first-order valence-electron chi connectivity index (χ1n) is 8.72. The third kappa shape index (κ3) is 3.23. The van der Waals surface area contributed by atoms with Gasteiger partial charge in [0.05, 0.1) is 32.4 Å². The average molecular weight is 333 g/mol. The predicted molar refractivity (Wildman–Crippen MR) is 85.5 cm³/mol. The molecular formula is C17H23N3O4. The molecule has 2 saturated heterocycles. The van der Waals surface area contributed by atoms with Crippen LogP contribution < -0.4 is 5.56 Å². The predicted octanol–water partition coefficient (Wildman–Crippen LogP) is 0.430. The maximum atomic E-state index is 12.4. The van der Waals surface area contributed by atoms with Crippen molar-refractivity contribution < 1.29 is 14.3 Å². The van der Waals surface area contributed by atoms with Crippen LogP contribution in [0.2, 0.25) is 0 Å². The largest absolute Gasteiger partial charge is 0.377 e. The summed E-state index contributed by atoms with van der Waals surface area (Å²) in [4.78, 5) is 26.2. The Bertz CT molecular complexity index is 672. The molecule has 2 aliphatic heterocycles. The fourth-order valence-electron chi connectivity index (χ4n) is 3.65. The van der Waals surface area contributed by atoms with E-state index in [9.17, 15) is 9.59 Å². The molecule has 0 aromatic carbocycles. The Morgan fingerprint density at radius 2 is 2.25 bits per heavy atom. The van der Waals surface area contributed by atoms with Crippen molar-refractivity contribution >= 4 is 5.91 Å². The van der Waals surface area contributed by atoms with E-state index in [-0.39, 0.29) is 23.5 Å². The Morgan fingerprint density at radius 3 is 3.04 bits per heavy atom. The Labute approximate surface area is 140 Å². The first-order valence-corrected chi connectivity index (χ1v) is 8.72. The lowest BCUT2D eigenvalue weighted by Gasteiger charge is -2.32. The number of rotatable bonds is 3. The Balaban J connectivity index is 1.44. The van der Waals surface area contributed by atoms with Crippen LogP contribution in [0.3, 0.4) is 0 Å². The van der Waals surface area contributed by atoms with Crippen LogP contribution >= 0.6 is 0 Å². The minimum Gasteiger partial charge on any atom is -0.377 e. The van der Waals surface area contributed by atoms with Gasteiger partial charge in [0.25, 0.3) is 5.56 Å². The maximum Gasteiger partial charge on any atom is 0.266 e. The van der Waals surface area contributed by atoms with E-state index in [0.717, 1.165) is 25.7 Å². The van der Waals surface area contributed by atoms with Crippen molar-refractivity contribution in [3.8, 4) is 0 Å². The number of ether oxygens (including phenoxy) is 2. The van der Waals surface area contributed by atoms with Crippen LogP contribution in [0.25, 0.3) is 0 Å². The summed E-state index contributed by atoms with van der Waals surface area (Å²) in [5.41, 5.74) is -0.561. The third-order valence-corrected chi connectivity index (χ3v) is 5.09. The minimum atomic E-state index is -0.440. The van der Waals surface area contributed by atoms with Crippen molar-refractivity contribution in [1.82, 2.24) is 14.7 Å². The molecule has 7 nitrogen and oxygen atoms in total. The lowest BCUT2D eigenvalue weighted by atomic mass is 10.00. The summed E-state index contributed by atoms with van der Waals surface area (Å²) in [7, 11) is 0. The van der Waals surface area contributed by atoms with Gasteiger partial charge in [0.2, 0.25) is 5.91 Å². The first kappa shape index (κ1) is 15.8. The van der Waals surface area contributed by atoms with Gasteiger partial charge >= 0.3 is 0 Å². The number of amides is 1. The molecule has 4 rings (SSSR count). The Morgan fingerprint density at radius 1 is 1.38 bits per heavy atom. The van der Waals surface area contributed by atoms with Gasteiger partial charge in [-0.25, -0.2) is 4.68 Å². The van der Waals surface area contributed by atoms with Crippen LogP contribution in [-0.4, -0.2) is 58.6 Å². The van der Waals surface area contributed by atoms with Crippen LogP contribution in [0.5, 0.6) is 0 Å². The second-order valence-electron chi connectivity index (χ2n) is 7.09. The van der Waals surface area contributed by atoms with Gasteiger partial charge in [-0.1, -0.05) is 0 Å². The van der Waals surface area contributed by atoms with Crippen molar-refractivity contribution in [3.05, 3.63) is 28.7 Å². The Kier molecular flexibility index (Phi) is 4.14. The van der Waals surface area contributed by atoms with E-state index in [1.807, 2.05) is 4.90 Å². The highest BCUT2D eigenvalue weighted by Crippen LogP contribution is 2.36. The summed E-state index contributed by atoms with van der Waals surface area (Å²) in [6.45, 7) is 2.75. The number of aromatic nitrogens is 2. The fourth-order valence-corrected chi connectivity index (χ4v) is 3.65. The summed E-state index contributed by atoms with van der Waals surface area (Å²) >= 11 is 0. The SMILES string of the molecule is O=C(C1CC1)N1CCOC[C@@]2(CC[C@@H](Cn3ncccc3=O)O2)C1. The second-order valence-corrected chi connectivity index (χ2v) is 7.09. The molecule has 1 aliphatic carbocycles. The zero-order chi connectivity index (χ0) is 16.6. The highest BCUT2D eigenvalue weighted by Gasteiger charge is 2.45. The Hall–Kier alpha value is -1.73. The molecular weight excluding hydrogens is 310 g/mol. The molecule has 2 atom stereocenters. The highest BCUT2D eigenvalue weighted by atomic mass is 16.6. The number of carbonyl (C=O) groups is 1. The first-order chi connectivity index (χ1) is 11.7. The van der Waals surface area contributed by atoms with Gasteiger partial charge in [-0.15, -0.1) is 0 Å².